The van der Waals surface area contributed by atoms with E-state index >= 15 is 0 Å². The average Bonchev–Trinajstić information content (AvgIpc) is 2.64. The van der Waals surface area contributed by atoms with E-state index in [4.69, 9.17) is 33.2 Å². The monoisotopic (exact) mass is 437 g/mol. The molecule has 0 amide bonds. The van der Waals surface area contributed by atoms with Gasteiger partial charge in [0, 0.05) is 27.3 Å². The van der Waals surface area contributed by atoms with Crippen LogP contribution in [0.3, 0.4) is 0 Å². The lowest BCUT2D eigenvalue weighted by molar-refractivity contribution is 1.29. The van der Waals surface area contributed by atoms with Crippen molar-refractivity contribution in [3.8, 4) is 0 Å². The molecule has 25 heavy (non-hydrogen) atoms. The minimum Gasteiger partial charge on any atom is -0.311 e. The zero-order chi connectivity index (χ0) is 17.8. The Labute approximate surface area is 169 Å². The predicted molar refractivity (Wildman–Crippen MR) is 123 cm³/mol. The van der Waals surface area contributed by atoms with Gasteiger partial charge in [0.1, 0.15) is 0 Å². The van der Waals surface area contributed by atoms with E-state index in [0.717, 1.165) is 32.5 Å². The van der Waals surface area contributed by atoms with Crippen molar-refractivity contribution in [3.05, 3.63) is 72.8 Å². The number of nitrogens with zero attached hydrogens (tertiary/aromatic N) is 1. The Morgan fingerprint density at radius 2 is 1.16 bits per heavy atom. The molecule has 3 rings (SSSR count). The molecule has 0 unspecified atom stereocenters. The van der Waals surface area contributed by atoms with Crippen molar-refractivity contribution in [1.29, 1.82) is 0 Å². The summed E-state index contributed by atoms with van der Waals surface area (Å²) >= 11 is 18.3. The molecule has 7 heteroatoms. The molecule has 0 N–H and O–H groups in total. The fourth-order valence-corrected chi connectivity index (χ4v) is 5.28. The third-order valence-electron chi connectivity index (χ3n) is 4.04. The summed E-state index contributed by atoms with van der Waals surface area (Å²) in [4.78, 5) is 2.24. The van der Waals surface area contributed by atoms with Crippen molar-refractivity contribution in [2.75, 3.05) is 4.90 Å². The molecular weight excluding hydrogens is 421 g/mol. The Balaban J connectivity index is 2.05. The number of rotatable bonds is 5. The first kappa shape index (κ1) is 18.8. The van der Waals surface area contributed by atoms with Gasteiger partial charge in [-0.25, -0.2) is 0 Å². The summed E-state index contributed by atoms with van der Waals surface area (Å²) in [5.41, 5.74) is 3.33. The first-order valence-electron chi connectivity index (χ1n) is 7.98. The molecular formula is C18H18Cl3NSi3. The van der Waals surface area contributed by atoms with Crippen LogP contribution in [0.2, 0.25) is 0 Å². The highest BCUT2D eigenvalue weighted by Crippen LogP contribution is 2.33. The first-order valence-corrected chi connectivity index (χ1v) is 15.9. The predicted octanol–water partition coefficient (Wildman–Crippen LogP) is 2.00. The molecule has 0 aliphatic heterocycles. The molecule has 0 fully saturated rings. The van der Waals surface area contributed by atoms with Gasteiger partial charge in [-0.1, -0.05) is 41.6 Å². The van der Waals surface area contributed by atoms with E-state index in [1.807, 2.05) is 12.1 Å². The van der Waals surface area contributed by atoms with Crippen molar-refractivity contribution < 1.29 is 0 Å². The zero-order valence-electron chi connectivity index (χ0n) is 13.8. The minimum absolute atomic E-state index is 0.661. The van der Waals surface area contributed by atoms with E-state index in [-0.39, 0.29) is 0 Å². The summed E-state index contributed by atoms with van der Waals surface area (Å²) in [5.74, 6) is 0. The van der Waals surface area contributed by atoms with Crippen LogP contribution in [-0.2, 0) is 0 Å². The van der Waals surface area contributed by atoms with Gasteiger partial charge in [0.05, 0.1) is 0 Å². The summed E-state index contributed by atoms with van der Waals surface area (Å²) < 4.78 is 0. The Kier molecular flexibility index (Phi) is 6.44. The second-order valence-corrected chi connectivity index (χ2v) is 13.5. The molecule has 0 atom stereocenters. The summed E-state index contributed by atoms with van der Waals surface area (Å²) in [7, 11) is -1.44. The van der Waals surface area contributed by atoms with Gasteiger partial charge in [-0.05, 0) is 46.8 Å². The Morgan fingerprint density at radius 3 is 1.60 bits per heavy atom. The molecule has 0 aromatic heterocycles. The van der Waals surface area contributed by atoms with E-state index in [0.29, 0.717) is 0 Å². The lowest BCUT2D eigenvalue weighted by Crippen LogP contribution is -2.19. The Bertz CT molecular complexity index is 822. The van der Waals surface area contributed by atoms with Crippen molar-refractivity contribution in [2.45, 2.75) is 0 Å². The minimum atomic E-state index is -1.83. The Morgan fingerprint density at radius 1 is 0.720 bits per heavy atom. The SMILES string of the molecule is [SiH3]c1ccc(N(c2ccc([SiH2]Cl)cc2)c2ccc([SiH](Cl)Cl)cc2)cc1. The summed E-state index contributed by atoms with van der Waals surface area (Å²) in [6.45, 7) is 0. The molecule has 0 radical (unpaired) electrons. The Hall–Kier alpha value is -1.02. The van der Waals surface area contributed by atoms with Crippen LogP contribution in [0.4, 0.5) is 17.1 Å². The van der Waals surface area contributed by atoms with Crippen LogP contribution in [0.15, 0.2) is 72.8 Å². The van der Waals surface area contributed by atoms with Crippen molar-refractivity contribution in [3.63, 3.8) is 0 Å². The smallest absolute Gasteiger partial charge is 0.266 e. The van der Waals surface area contributed by atoms with Crippen LogP contribution < -0.4 is 20.5 Å². The number of anilines is 3. The molecule has 1 nitrogen and oxygen atoms in total. The molecule has 0 aliphatic rings. The van der Waals surface area contributed by atoms with Crippen LogP contribution in [0.25, 0.3) is 0 Å². The molecule has 0 saturated carbocycles. The van der Waals surface area contributed by atoms with Gasteiger partial charge >= 0.3 is 0 Å². The molecule has 0 aliphatic carbocycles. The van der Waals surface area contributed by atoms with Gasteiger partial charge in [-0.2, -0.15) is 11.1 Å². The van der Waals surface area contributed by atoms with Crippen molar-refractivity contribution in [2.24, 2.45) is 0 Å². The number of hydrogen-bond donors (Lipinski definition) is 0. The maximum Gasteiger partial charge on any atom is 0.266 e. The second-order valence-electron chi connectivity index (χ2n) is 5.86. The lowest BCUT2D eigenvalue weighted by atomic mass is 10.2. The topological polar surface area (TPSA) is 3.24 Å². The van der Waals surface area contributed by atoms with Gasteiger partial charge in [0.15, 0.2) is 8.83 Å². The van der Waals surface area contributed by atoms with Crippen molar-refractivity contribution in [1.82, 2.24) is 0 Å². The maximum absolute atomic E-state index is 6.11. The van der Waals surface area contributed by atoms with Crippen LogP contribution in [0, 0.1) is 0 Å². The van der Waals surface area contributed by atoms with Gasteiger partial charge in [-0.15, -0.1) is 22.2 Å². The maximum atomic E-state index is 6.11. The fraction of sp³-hybridized carbons (Fsp3) is 0. The molecule has 0 spiro atoms. The van der Waals surface area contributed by atoms with E-state index in [1.54, 1.807) is 0 Å². The number of hydrogen-bond acceptors (Lipinski definition) is 1. The zero-order valence-corrected chi connectivity index (χ0v) is 20.6. The summed E-state index contributed by atoms with van der Waals surface area (Å²) in [6.07, 6.45) is 0. The number of benzene rings is 3. The van der Waals surface area contributed by atoms with Crippen LogP contribution in [-0.4, -0.2) is 26.5 Å². The largest absolute Gasteiger partial charge is 0.311 e. The third kappa shape index (κ3) is 4.58. The molecule has 0 saturated heterocycles. The van der Waals surface area contributed by atoms with E-state index in [9.17, 15) is 0 Å². The summed E-state index contributed by atoms with van der Waals surface area (Å²) in [6, 6.07) is 25.4. The highest BCUT2D eigenvalue weighted by molar-refractivity contribution is 7.39. The highest BCUT2D eigenvalue weighted by Gasteiger charge is 2.13. The second kappa shape index (κ2) is 8.58. The van der Waals surface area contributed by atoms with Gasteiger partial charge < -0.3 is 4.90 Å². The van der Waals surface area contributed by atoms with Crippen LogP contribution >= 0.6 is 33.2 Å². The third-order valence-corrected chi connectivity index (χ3v) is 8.82. The van der Waals surface area contributed by atoms with Gasteiger partial charge in [0.2, 0.25) is 0 Å². The molecule has 3 aromatic rings. The molecule has 0 bridgehead atoms. The highest BCUT2D eigenvalue weighted by atomic mass is 35.7. The average molecular weight is 439 g/mol. The fourth-order valence-electron chi connectivity index (χ4n) is 2.64. The summed E-state index contributed by atoms with van der Waals surface area (Å²) in [5, 5.41) is 3.65. The quantitative estimate of drug-likeness (QED) is 0.435. The lowest BCUT2D eigenvalue weighted by Gasteiger charge is -2.26. The first-order chi connectivity index (χ1) is 12.1. The van der Waals surface area contributed by atoms with E-state index in [2.05, 4.69) is 65.6 Å². The molecule has 128 valence electrons. The standard InChI is InChI=1S/C18H18Cl3NSi3/c19-24-17-9-3-14(4-10-17)22(13-1-7-16(23)8-2-13)15-5-11-18(12-6-15)25(20)21/h1-12,25H,24H2,23H3. The van der Waals surface area contributed by atoms with Crippen LogP contribution in [0.1, 0.15) is 0 Å². The molecule has 0 heterocycles. The van der Waals surface area contributed by atoms with Crippen molar-refractivity contribution >= 4 is 92.3 Å². The van der Waals surface area contributed by atoms with Gasteiger partial charge in [-0.3, -0.25) is 0 Å². The van der Waals surface area contributed by atoms with E-state index in [1.165, 1.54) is 10.4 Å². The number of halogens is 3. The van der Waals surface area contributed by atoms with E-state index < -0.39 is 16.2 Å². The van der Waals surface area contributed by atoms with Crippen LogP contribution in [0.5, 0.6) is 0 Å². The normalized spacial score (nSPS) is 11.5. The van der Waals surface area contributed by atoms with Gasteiger partial charge in [0.25, 0.3) is 7.42 Å². The molecule has 3 aromatic carbocycles.